The number of allylic oxidation sites excluding steroid dienone is 5. The second-order valence-corrected chi connectivity index (χ2v) is 4.30. The maximum atomic E-state index is 4.15. The molecule has 0 bridgehead atoms. The topological polar surface area (TPSA) is 0 Å². The maximum Gasteiger partial charge on any atom is -0.0135 e. The van der Waals surface area contributed by atoms with E-state index in [9.17, 15) is 0 Å². The lowest BCUT2D eigenvalue weighted by Crippen LogP contribution is -2.10. The highest BCUT2D eigenvalue weighted by atomic mass is 14.2. The summed E-state index contributed by atoms with van der Waals surface area (Å²) >= 11 is 0. The monoisotopic (exact) mass is 178 g/mol. The summed E-state index contributed by atoms with van der Waals surface area (Å²) in [7, 11) is 0. The normalized spacial score (nSPS) is 13.8. The smallest absolute Gasteiger partial charge is 0.0135 e. The quantitative estimate of drug-likeness (QED) is 0.558. The van der Waals surface area contributed by atoms with Crippen LogP contribution in [0.25, 0.3) is 0 Å². The van der Waals surface area contributed by atoms with Crippen molar-refractivity contribution >= 4 is 0 Å². The zero-order chi connectivity index (χ0) is 10.5. The Morgan fingerprint density at radius 3 is 2.15 bits per heavy atom. The summed E-state index contributed by atoms with van der Waals surface area (Å²) in [4.78, 5) is 0. The van der Waals surface area contributed by atoms with Gasteiger partial charge in [0.2, 0.25) is 0 Å². The van der Waals surface area contributed by atoms with E-state index in [0.717, 1.165) is 6.42 Å². The van der Waals surface area contributed by atoms with E-state index in [2.05, 4.69) is 46.4 Å². The van der Waals surface area contributed by atoms with Gasteiger partial charge in [-0.15, -0.1) is 0 Å². The summed E-state index contributed by atoms with van der Waals surface area (Å²) in [6.07, 6.45) is 7.34. The Kier molecular flexibility index (Phi) is 4.76. The van der Waals surface area contributed by atoms with Crippen LogP contribution in [0, 0.1) is 5.41 Å². The first kappa shape index (κ1) is 12.2. The molecular formula is C13H22. The van der Waals surface area contributed by atoms with Gasteiger partial charge >= 0.3 is 0 Å². The molecule has 0 N–H and O–H groups in total. The highest BCUT2D eigenvalue weighted by Gasteiger charge is 2.16. The Hall–Kier alpha value is -0.780. The first-order chi connectivity index (χ1) is 5.93. The number of hydrogen-bond donors (Lipinski definition) is 0. The van der Waals surface area contributed by atoms with E-state index in [4.69, 9.17) is 0 Å². The van der Waals surface area contributed by atoms with Crippen LogP contribution >= 0.6 is 0 Å². The molecule has 0 amide bonds. The van der Waals surface area contributed by atoms with Gasteiger partial charge in [0.25, 0.3) is 0 Å². The molecule has 0 aromatic carbocycles. The predicted octanol–water partition coefficient (Wildman–Crippen LogP) is 4.50. The molecule has 0 aromatic heterocycles. The fourth-order valence-corrected chi connectivity index (χ4v) is 1.13. The van der Waals surface area contributed by atoms with Crippen LogP contribution in [0.1, 0.15) is 41.0 Å². The molecule has 0 saturated carbocycles. The van der Waals surface area contributed by atoms with Crippen LogP contribution in [0.3, 0.4) is 0 Å². The molecule has 0 heterocycles. The summed E-state index contributed by atoms with van der Waals surface area (Å²) in [6.45, 7) is 15.0. The largest absolute Gasteiger partial charge is 0.0950 e. The van der Waals surface area contributed by atoms with Crippen LogP contribution in [0.15, 0.2) is 36.0 Å². The fourth-order valence-electron chi connectivity index (χ4n) is 1.13. The first-order valence-corrected chi connectivity index (χ1v) is 4.95. The van der Waals surface area contributed by atoms with E-state index in [1.165, 1.54) is 11.1 Å². The van der Waals surface area contributed by atoms with Gasteiger partial charge in [-0.05, 0) is 29.9 Å². The molecule has 0 atom stereocenters. The van der Waals surface area contributed by atoms with Crippen molar-refractivity contribution in [2.45, 2.75) is 41.0 Å². The Bertz CT molecular complexity index is 221. The molecule has 0 heteroatoms. The molecule has 0 spiro atoms. The van der Waals surface area contributed by atoms with Crippen LogP contribution in [0.2, 0.25) is 0 Å². The van der Waals surface area contributed by atoms with Crippen LogP contribution in [-0.2, 0) is 0 Å². The molecule has 0 aromatic rings. The van der Waals surface area contributed by atoms with Crippen LogP contribution in [-0.4, -0.2) is 0 Å². The molecule has 0 radical (unpaired) electrons. The highest BCUT2D eigenvalue weighted by Crippen LogP contribution is 2.30. The molecule has 13 heavy (non-hydrogen) atoms. The zero-order valence-electron chi connectivity index (χ0n) is 9.65. The summed E-state index contributed by atoms with van der Waals surface area (Å²) < 4.78 is 0. The second-order valence-electron chi connectivity index (χ2n) is 4.30. The predicted molar refractivity (Wildman–Crippen MR) is 61.8 cm³/mol. The standard InChI is InChI=1S/C13H22/c1-7-9-10-12(8-2)11(3)13(4,5)6/h7,9-10H,3,8H2,1-2,4-6H3/b9-7-,12-10-. The Balaban J connectivity index is 4.70. The third kappa shape index (κ3) is 4.12. The summed E-state index contributed by atoms with van der Waals surface area (Å²) in [6, 6.07) is 0. The zero-order valence-corrected chi connectivity index (χ0v) is 9.65. The van der Waals surface area contributed by atoms with Gasteiger partial charge in [-0.2, -0.15) is 0 Å². The average Bonchev–Trinajstić information content (AvgIpc) is 2.04. The van der Waals surface area contributed by atoms with E-state index in [1.54, 1.807) is 0 Å². The third-order valence-corrected chi connectivity index (χ3v) is 2.16. The molecule has 0 saturated heterocycles. The van der Waals surface area contributed by atoms with Gasteiger partial charge < -0.3 is 0 Å². The van der Waals surface area contributed by atoms with Crippen molar-refractivity contribution in [3.05, 3.63) is 36.0 Å². The van der Waals surface area contributed by atoms with Gasteiger partial charge in [0.05, 0.1) is 0 Å². The minimum absolute atomic E-state index is 0.184. The van der Waals surface area contributed by atoms with Crippen molar-refractivity contribution in [2.24, 2.45) is 5.41 Å². The first-order valence-electron chi connectivity index (χ1n) is 4.95. The van der Waals surface area contributed by atoms with Crippen molar-refractivity contribution in [3.63, 3.8) is 0 Å². The maximum absolute atomic E-state index is 4.15. The molecule has 0 fully saturated rings. The summed E-state index contributed by atoms with van der Waals surface area (Å²) in [5, 5.41) is 0. The number of hydrogen-bond acceptors (Lipinski definition) is 0. The van der Waals surface area contributed by atoms with Crippen molar-refractivity contribution in [3.8, 4) is 0 Å². The van der Waals surface area contributed by atoms with E-state index >= 15 is 0 Å². The lowest BCUT2D eigenvalue weighted by atomic mass is 9.82. The highest BCUT2D eigenvalue weighted by molar-refractivity contribution is 5.34. The van der Waals surface area contributed by atoms with Gasteiger partial charge in [0, 0.05) is 0 Å². The van der Waals surface area contributed by atoms with Crippen LogP contribution in [0.4, 0.5) is 0 Å². The SMILES string of the molecule is C=C(/C(=C\C=C/C)CC)C(C)(C)C. The molecule has 0 rings (SSSR count). The van der Waals surface area contributed by atoms with E-state index in [0.29, 0.717) is 0 Å². The molecule has 0 aliphatic carbocycles. The molecule has 0 aliphatic rings. The van der Waals surface area contributed by atoms with Gasteiger partial charge in [-0.25, -0.2) is 0 Å². The average molecular weight is 178 g/mol. The lowest BCUT2D eigenvalue weighted by Gasteiger charge is -2.23. The minimum atomic E-state index is 0.184. The van der Waals surface area contributed by atoms with Gasteiger partial charge in [-0.3, -0.25) is 0 Å². The van der Waals surface area contributed by atoms with Gasteiger partial charge in [-0.1, -0.05) is 52.5 Å². The van der Waals surface area contributed by atoms with Crippen LogP contribution < -0.4 is 0 Å². The van der Waals surface area contributed by atoms with Crippen molar-refractivity contribution in [1.82, 2.24) is 0 Å². The molecule has 0 aliphatic heterocycles. The van der Waals surface area contributed by atoms with Gasteiger partial charge in [0.1, 0.15) is 0 Å². The minimum Gasteiger partial charge on any atom is -0.0950 e. The summed E-state index contributed by atoms with van der Waals surface area (Å²) in [5.41, 5.74) is 2.78. The fraction of sp³-hybridized carbons (Fsp3) is 0.538. The third-order valence-electron chi connectivity index (χ3n) is 2.16. The molecule has 0 unspecified atom stereocenters. The van der Waals surface area contributed by atoms with E-state index in [-0.39, 0.29) is 5.41 Å². The van der Waals surface area contributed by atoms with Crippen molar-refractivity contribution in [1.29, 1.82) is 0 Å². The van der Waals surface area contributed by atoms with Gasteiger partial charge in [0.15, 0.2) is 0 Å². The molecule has 74 valence electrons. The second kappa shape index (κ2) is 5.06. The van der Waals surface area contributed by atoms with E-state index < -0.39 is 0 Å². The Morgan fingerprint density at radius 1 is 1.31 bits per heavy atom. The van der Waals surface area contributed by atoms with Crippen molar-refractivity contribution in [2.75, 3.05) is 0 Å². The van der Waals surface area contributed by atoms with Crippen molar-refractivity contribution < 1.29 is 0 Å². The van der Waals surface area contributed by atoms with E-state index in [1.807, 2.05) is 13.0 Å². The van der Waals surface area contributed by atoms with Crippen LogP contribution in [0.5, 0.6) is 0 Å². The molecular weight excluding hydrogens is 156 g/mol. The molecule has 0 nitrogen and oxygen atoms in total. The Morgan fingerprint density at radius 2 is 1.85 bits per heavy atom. The Labute approximate surface area is 83.0 Å². The summed E-state index contributed by atoms with van der Waals surface area (Å²) in [5.74, 6) is 0. The number of rotatable bonds is 3. The lowest BCUT2D eigenvalue weighted by molar-refractivity contribution is 0.509.